The number of nitrogens with two attached hydrogens (primary N) is 1. The lowest BCUT2D eigenvalue weighted by molar-refractivity contribution is -0.137. The van der Waals surface area contributed by atoms with Crippen molar-refractivity contribution < 1.29 is 22.8 Å². The minimum Gasteiger partial charge on any atom is -0.364 e. The van der Waals surface area contributed by atoms with Crippen LogP contribution >= 0.6 is 0 Å². The number of hydrogen-bond acceptors (Lipinski definition) is 6. The highest BCUT2D eigenvalue weighted by atomic mass is 19.4. The monoisotopic (exact) mass is 481 g/mol. The maximum atomic E-state index is 12.9. The Bertz CT molecular complexity index is 1450. The molecule has 2 aromatic carbocycles. The van der Waals surface area contributed by atoms with Crippen molar-refractivity contribution in [2.45, 2.75) is 18.6 Å². The quantitative estimate of drug-likeness (QED) is 0.402. The molecule has 12 heteroatoms. The zero-order chi connectivity index (χ0) is 24.7. The highest BCUT2D eigenvalue weighted by Crippen LogP contribution is 2.31. The minimum absolute atomic E-state index is 0.0350. The molecule has 2 aromatic heterocycles. The number of halogens is 3. The van der Waals surface area contributed by atoms with Crippen LogP contribution in [0.1, 0.15) is 22.5 Å². The SMILES string of the molecule is NC(=O)c1cc(N[C@H]2CCNC2=O)nc(-c2ccc3ncn(-c4ccc(C(F)(F)F)cc4)c3c2)n1. The van der Waals surface area contributed by atoms with Crippen molar-refractivity contribution in [1.29, 1.82) is 0 Å². The molecule has 4 aromatic rings. The summed E-state index contributed by atoms with van der Waals surface area (Å²) in [7, 11) is 0. The number of carbonyl (C=O) groups excluding carboxylic acids is 2. The van der Waals surface area contributed by atoms with Gasteiger partial charge in [0, 0.05) is 23.9 Å². The first-order valence-electron chi connectivity index (χ1n) is 10.6. The molecule has 0 radical (unpaired) electrons. The maximum Gasteiger partial charge on any atom is 0.416 e. The maximum absolute atomic E-state index is 12.9. The Morgan fingerprint density at radius 1 is 1.11 bits per heavy atom. The van der Waals surface area contributed by atoms with Crippen LogP contribution < -0.4 is 16.4 Å². The molecule has 3 heterocycles. The Morgan fingerprint density at radius 3 is 2.54 bits per heavy atom. The molecule has 35 heavy (non-hydrogen) atoms. The molecule has 0 bridgehead atoms. The van der Waals surface area contributed by atoms with E-state index in [4.69, 9.17) is 5.73 Å². The Hall–Kier alpha value is -4.48. The molecule has 2 amide bonds. The molecule has 1 fully saturated rings. The second-order valence-corrected chi connectivity index (χ2v) is 7.97. The lowest BCUT2D eigenvalue weighted by Gasteiger charge is -2.13. The van der Waals surface area contributed by atoms with Crippen molar-refractivity contribution >= 4 is 28.7 Å². The van der Waals surface area contributed by atoms with Crippen LogP contribution in [0.3, 0.4) is 0 Å². The number of amides is 2. The summed E-state index contributed by atoms with van der Waals surface area (Å²) in [6.45, 7) is 0.529. The van der Waals surface area contributed by atoms with E-state index in [2.05, 4.69) is 25.6 Å². The zero-order valence-corrected chi connectivity index (χ0v) is 18.0. The summed E-state index contributed by atoms with van der Waals surface area (Å²) in [4.78, 5) is 36.8. The number of fused-ring (bicyclic) bond motifs is 1. The van der Waals surface area contributed by atoms with Gasteiger partial charge in [-0.15, -0.1) is 0 Å². The van der Waals surface area contributed by atoms with Gasteiger partial charge in [0.25, 0.3) is 5.91 Å². The van der Waals surface area contributed by atoms with Gasteiger partial charge >= 0.3 is 6.18 Å². The molecule has 4 N–H and O–H groups in total. The van der Waals surface area contributed by atoms with Crippen LogP contribution in [0.2, 0.25) is 0 Å². The Balaban J connectivity index is 1.55. The van der Waals surface area contributed by atoms with Gasteiger partial charge in [-0.25, -0.2) is 15.0 Å². The van der Waals surface area contributed by atoms with Gasteiger partial charge in [0.05, 0.1) is 16.6 Å². The predicted molar refractivity (Wildman–Crippen MR) is 121 cm³/mol. The van der Waals surface area contributed by atoms with Crippen molar-refractivity contribution in [2.24, 2.45) is 5.73 Å². The number of imidazole rings is 1. The highest BCUT2D eigenvalue weighted by molar-refractivity contribution is 5.93. The van der Waals surface area contributed by atoms with Gasteiger partial charge in [-0.05, 0) is 48.9 Å². The van der Waals surface area contributed by atoms with Gasteiger partial charge in [0.2, 0.25) is 5.91 Å². The van der Waals surface area contributed by atoms with E-state index in [0.29, 0.717) is 35.2 Å². The van der Waals surface area contributed by atoms with E-state index < -0.39 is 23.7 Å². The van der Waals surface area contributed by atoms with Crippen LogP contribution in [0.15, 0.2) is 54.9 Å². The smallest absolute Gasteiger partial charge is 0.364 e. The van der Waals surface area contributed by atoms with Crippen LogP contribution in [0.4, 0.5) is 19.0 Å². The van der Waals surface area contributed by atoms with Gasteiger partial charge < -0.3 is 16.4 Å². The van der Waals surface area contributed by atoms with E-state index in [9.17, 15) is 22.8 Å². The predicted octanol–water partition coefficient (Wildman–Crippen LogP) is 2.90. The summed E-state index contributed by atoms with van der Waals surface area (Å²) < 4.78 is 40.4. The number of hydrogen-bond donors (Lipinski definition) is 3. The molecular formula is C23H18F3N7O2. The number of benzene rings is 2. The molecule has 0 spiro atoms. The first kappa shape index (κ1) is 22.3. The van der Waals surface area contributed by atoms with E-state index in [1.54, 1.807) is 22.8 Å². The molecule has 5 rings (SSSR count). The van der Waals surface area contributed by atoms with Crippen molar-refractivity contribution in [3.05, 3.63) is 66.1 Å². The van der Waals surface area contributed by atoms with Crippen LogP contribution in [-0.4, -0.2) is 43.9 Å². The number of aromatic nitrogens is 4. The second-order valence-electron chi connectivity index (χ2n) is 7.97. The van der Waals surface area contributed by atoms with Crippen LogP contribution in [0.5, 0.6) is 0 Å². The van der Waals surface area contributed by atoms with E-state index in [1.165, 1.54) is 24.5 Å². The first-order chi connectivity index (χ1) is 16.7. The lowest BCUT2D eigenvalue weighted by atomic mass is 10.1. The summed E-state index contributed by atoms with van der Waals surface area (Å²) in [5, 5.41) is 5.72. The Kier molecular flexibility index (Phi) is 5.35. The third-order valence-electron chi connectivity index (χ3n) is 5.63. The molecule has 1 aliphatic rings. The highest BCUT2D eigenvalue weighted by Gasteiger charge is 2.30. The normalized spacial score (nSPS) is 15.9. The molecular weight excluding hydrogens is 463 g/mol. The number of carbonyl (C=O) groups is 2. The number of rotatable bonds is 5. The number of nitrogens with zero attached hydrogens (tertiary/aromatic N) is 4. The minimum atomic E-state index is -4.43. The van der Waals surface area contributed by atoms with Crippen LogP contribution in [0.25, 0.3) is 28.1 Å². The summed E-state index contributed by atoms with van der Waals surface area (Å²) in [6, 6.07) is 10.7. The topological polar surface area (TPSA) is 128 Å². The molecule has 1 saturated heterocycles. The Labute approximate surface area is 196 Å². The van der Waals surface area contributed by atoms with Gasteiger partial charge in [-0.1, -0.05) is 0 Å². The summed E-state index contributed by atoms with van der Waals surface area (Å²) in [6.07, 6.45) is -2.37. The molecule has 0 aliphatic carbocycles. The molecule has 0 unspecified atom stereocenters. The summed E-state index contributed by atoms with van der Waals surface area (Å²) in [5.41, 5.74) is 6.87. The number of anilines is 1. The number of primary amides is 1. The largest absolute Gasteiger partial charge is 0.416 e. The second kappa shape index (κ2) is 8.38. The third-order valence-corrected chi connectivity index (χ3v) is 5.63. The molecule has 9 nitrogen and oxygen atoms in total. The summed E-state index contributed by atoms with van der Waals surface area (Å²) >= 11 is 0. The fraction of sp³-hybridized carbons (Fsp3) is 0.174. The average Bonchev–Trinajstić information content (AvgIpc) is 3.44. The van der Waals surface area contributed by atoms with Crippen molar-refractivity contribution in [2.75, 3.05) is 11.9 Å². The van der Waals surface area contributed by atoms with E-state index in [-0.39, 0.29) is 23.2 Å². The van der Waals surface area contributed by atoms with E-state index >= 15 is 0 Å². The number of nitrogens with one attached hydrogen (secondary N) is 2. The van der Waals surface area contributed by atoms with Crippen LogP contribution in [0, 0.1) is 0 Å². The van der Waals surface area contributed by atoms with Gasteiger partial charge in [-0.3, -0.25) is 14.2 Å². The van der Waals surface area contributed by atoms with E-state index in [1.807, 2.05) is 0 Å². The summed E-state index contributed by atoms with van der Waals surface area (Å²) in [5.74, 6) is -0.484. The first-order valence-corrected chi connectivity index (χ1v) is 10.6. The molecule has 0 saturated carbocycles. The fourth-order valence-electron chi connectivity index (χ4n) is 3.85. The Morgan fingerprint density at radius 2 is 1.89 bits per heavy atom. The zero-order valence-electron chi connectivity index (χ0n) is 18.0. The van der Waals surface area contributed by atoms with Crippen molar-refractivity contribution in [3.8, 4) is 17.1 Å². The fourth-order valence-corrected chi connectivity index (χ4v) is 3.85. The molecule has 1 aliphatic heterocycles. The van der Waals surface area contributed by atoms with E-state index in [0.717, 1.165) is 12.1 Å². The average molecular weight is 481 g/mol. The molecule has 1 atom stereocenters. The van der Waals surface area contributed by atoms with Gasteiger partial charge in [0.1, 0.15) is 23.9 Å². The standard InChI is InChI=1S/C23H18F3N7O2/c24-23(25,26)13-2-4-14(5-3-13)33-11-29-15-6-1-12(9-18(15)33)21-31-17(20(27)34)10-19(32-21)30-16-7-8-28-22(16)35/h1-6,9-11,16H,7-8H2,(H2,27,34)(H,28,35)(H,30,31,32)/t16-/m0/s1. The van der Waals surface area contributed by atoms with Crippen molar-refractivity contribution in [3.63, 3.8) is 0 Å². The molecule has 178 valence electrons. The lowest BCUT2D eigenvalue weighted by Crippen LogP contribution is -2.30. The van der Waals surface area contributed by atoms with Gasteiger partial charge in [-0.2, -0.15) is 13.2 Å². The van der Waals surface area contributed by atoms with Gasteiger partial charge in [0.15, 0.2) is 5.82 Å². The van der Waals surface area contributed by atoms with Crippen LogP contribution in [-0.2, 0) is 11.0 Å². The third kappa shape index (κ3) is 4.37. The van der Waals surface area contributed by atoms with Crippen molar-refractivity contribution in [1.82, 2.24) is 24.8 Å². The number of alkyl halides is 3.